The number of carbonyl (C=O) groups is 5. The molecule has 4 aliphatic rings. The highest BCUT2D eigenvalue weighted by Gasteiger charge is 2.60. The summed E-state index contributed by atoms with van der Waals surface area (Å²) in [4.78, 5) is 61.2. The molecule has 0 aromatic carbocycles. The first-order valence-corrected chi connectivity index (χ1v) is 15.6. The van der Waals surface area contributed by atoms with Crippen molar-refractivity contribution in [2.45, 2.75) is 129 Å². The summed E-state index contributed by atoms with van der Waals surface area (Å²) in [6.45, 7) is 8.07. The molecular formula is C32H48N2O7. The zero-order valence-corrected chi connectivity index (χ0v) is 25.1. The van der Waals surface area contributed by atoms with Gasteiger partial charge in [0.1, 0.15) is 18.2 Å². The van der Waals surface area contributed by atoms with Crippen LogP contribution >= 0.6 is 0 Å². The van der Waals surface area contributed by atoms with E-state index in [4.69, 9.17) is 4.74 Å². The van der Waals surface area contributed by atoms with Gasteiger partial charge in [-0.1, -0.05) is 39.2 Å². The van der Waals surface area contributed by atoms with E-state index in [1.54, 1.807) is 0 Å². The van der Waals surface area contributed by atoms with Gasteiger partial charge >= 0.3 is 11.9 Å². The minimum absolute atomic E-state index is 0.0715. The van der Waals surface area contributed by atoms with Gasteiger partial charge in [0.25, 0.3) is 0 Å². The number of carbonyl (C=O) groups excluding carboxylic acids is 4. The number of nitrogens with one attached hydrogen (secondary N) is 2. The molecule has 0 radical (unpaired) electrons. The van der Waals surface area contributed by atoms with Crippen LogP contribution < -0.4 is 10.6 Å². The van der Waals surface area contributed by atoms with Crippen LogP contribution in [0.5, 0.6) is 0 Å². The normalized spacial score (nSPS) is 33.8. The molecule has 0 heterocycles. The van der Waals surface area contributed by atoms with Gasteiger partial charge in [-0.15, -0.1) is 0 Å². The minimum atomic E-state index is -1.10. The lowest BCUT2D eigenvalue weighted by atomic mass is 9.47. The fourth-order valence-corrected chi connectivity index (χ4v) is 8.48. The van der Waals surface area contributed by atoms with Crippen LogP contribution in [-0.4, -0.2) is 52.8 Å². The topological polar surface area (TPSA) is 139 Å². The molecule has 4 rings (SSSR count). The molecule has 9 nitrogen and oxygen atoms in total. The summed E-state index contributed by atoms with van der Waals surface area (Å²) in [6.07, 6.45) is 11.0. The van der Waals surface area contributed by atoms with E-state index < -0.39 is 35.8 Å². The second-order valence-corrected chi connectivity index (χ2v) is 13.4. The van der Waals surface area contributed by atoms with E-state index in [1.165, 1.54) is 12.5 Å². The predicted octanol–water partition coefficient (Wildman–Crippen LogP) is 4.47. The minimum Gasteiger partial charge on any atom is -0.480 e. The molecule has 228 valence electrons. The number of carboxylic acids is 1. The number of aliphatic carboxylic acids is 1. The Kier molecular flexibility index (Phi) is 9.64. The maximum absolute atomic E-state index is 12.8. The lowest BCUT2D eigenvalue weighted by Gasteiger charge is -2.57. The molecular weight excluding hydrogens is 524 g/mol. The molecule has 41 heavy (non-hydrogen) atoms. The fraction of sp³-hybridized carbons (Fsp3) is 0.781. The van der Waals surface area contributed by atoms with Gasteiger partial charge < -0.3 is 20.5 Å². The maximum Gasteiger partial charge on any atom is 0.326 e. The third kappa shape index (κ3) is 6.54. The van der Waals surface area contributed by atoms with Crippen LogP contribution in [0, 0.1) is 28.6 Å². The second-order valence-electron chi connectivity index (χ2n) is 13.4. The van der Waals surface area contributed by atoms with Gasteiger partial charge in [0, 0.05) is 18.3 Å². The summed E-state index contributed by atoms with van der Waals surface area (Å²) in [5.74, 6) is -0.611. The first-order valence-electron chi connectivity index (χ1n) is 15.6. The quantitative estimate of drug-likeness (QED) is 0.310. The Morgan fingerprint density at radius 3 is 2.49 bits per heavy atom. The number of amides is 2. The molecule has 0 aromatic heterocycles. The van der Waals surface area contributed by atoms with E-state index >= 15 is 0 Å². The molecule has 0 aliphatic heterocycles. The van der Waals surface area contributed by atoms with E-state index in [2.05, 4.69) is 24.5 Å². The van der Waals surface area contributed by atoms with Gasteiger partial charge in [0.05, 0.1) is 6.42 Å². The third-order valence-electron chi connectivity index (χ3n) is 10.9. The van der Waals surface area contributed by atoms with Gasteiger partial charge in [0.2, 0.25) is 11.8 Å². The van der Waals surface area contributed by atoms with Crippen LogP contribution in [-0.2, 0) is 28.7 Å². The van der Waals surface area contributed by atoms with E-state index in [0.717, 1.165) is 51.4 Å². The van der Waals surface area contributed by atoms with E-state index in [0.29, 0.717) is 37.0 Å². The number of esters is 1. The number of allylic oxidation sites excluding steroid dienone is 1. The highest BCUT2D eigenvalue weighted by Crippen LogP contribution is 2.65. The van der Waals surface area contributed by atoms with Crippen molar-refractivity contribution in [3.05, 3.63) is 11.6 Å². The summed E-state index contributed by atoms with van der Waals surface area (Å²) < 4.78 is 6.01. The summed E-state index contributed by atoms with van der Waals surface area (Å²) in [6, 6.07) is -1.91. The molecule has 3 N–H and O–H groups in total. The van der Waals surface area contributed by atoms with Gasteiger partial charge in [-0.05, 0) is 87.5 Å². The van der Waals surface area contributed by atoms with E-state index in [9.17, 15) is 29.1 Å². The van der Waals surface area contributed by atoms with Crippen molar-refractivity contribution in [3.63, 3.8) is 0 Å². The van der Waals surface area contributed by atoms with Gasteiger partial charge in [-0.3, -0.25) is 19.2 Å². The van der Waals surface area contributed by atoms with Crippen LogP contribution in [0.1, 0.15) is 111 Å². The molecule has 3 fully saturated rings. The molecule has 9 heteroatoms. The van der Waals surface area contributed by atoms with Gasteiger partial charge in [0.15, 0.2) is 5.78 Å². The lowest BCUT2D eigenvalue weighted by Crippen LogP contribution is -2.51. The average Bonchev–Trinajstić information content (AvgIpc) is 3.25. The number of rotatable bonds is 11. The number of fused-ring (bicyclic) bond motifs is 5. The Bertz CT molecular complexity index is 1090. The van der Waals surface area contributed by atoms with Crippen LogP contribution in [0.4, 0.5) is 0 Å². The zero-order valence-electron chi connectivity index (χ0n) is 25.1. The molecule has 8 atom stereocenters. The molecule has 2 amide bonds. The van der Waals surface area contributed by atoms with E-state index in [1.807, 2.05) is 13.0 Å². The molecule has 0 saturated heterocycles. The van der Waals surface area contributed by atoms with Crippen LogP contribution in [0.2, 0.25) is 0 Å². The van der Waals surface area contributed by atoms with E-state index in [-0.39, 0.29) is 35.6 Å². The Balaban J connectivity index is 1.26. The van der Waals surface area contributed by atoms with Gasteiger partial charge in [-0.25, -0.2) is 4.79 Å². The number of ketones is 1. The molecule has 0 aromatic rings. The predicted molar refractivity (Wildman–Crippen MR) is 153 cm³/mol. The summed E-state index contributed by atoms with van der Waals surface area (Å²) in [5, 5.41) is 14.4. The summed E-state index contributed by atoms with van der Waals surface area (Å²) >= 11 is 0. The van der Waals surface area contributed by atoms with Crippen LogP contribution in [0.15, 0.2) is 11.6 Å². The highest BCUT2D eigenvalue weighted by molar-refractivity contribution is 5.92. The molecule has 8 unspecified atom stereocenters. The zero-order chi connectivity index (χ0) is 29.9. The average molecular weight is 573 g/mol. The van der Waals surface area contributed by atoms with Crippen molar-refractivity contribution < 1.29 is 33.8 Å². The number of hydrogen-bond acceptors (Lipinski definition) is 6. The highest BCUT2D eigenvalue weighted by atomic mass is 16.5. The number of ether oxygens (including phenoxy) is 1. The van der Waals surface area contributed by atoms with Crippen molar-refractivity contribution in [2.24, 2.45) is 28.6 Å². The Morgan fingerprint density at radius 2 is 1.78 bits per heavy atom. The largest absolute Gasteiger partial charge is 0.480 e. The lowest BCUT2D eigenvalue weighted by molar-refractivity contribution is -0.160. The van der Waals surface area contributed by atoms with Crippen molar-refractivity contribution in [2.75, 3.05) is 0 Å². The van der Waals surface area contributed by atoms with Crippen LogP contribution in [0.3, 0.4) is 0 Å². The SMILES string of the molecule is CCCCC(NC(=O)C(C)NC(=O)CCC(=O)OC1CCC2C3CCC4=CC(=O)CCC4(C)C3CCC12C)C(=O)O. The standard InChI is InChI=1S/C32H48N2O7/c1-5-6-7-25(30(39)40)34-29(38)19(2)33-27(36)12-13-28(37)41-26-11-10-23-22-9-8-20-18-21(35)14-16-31(20,3)24(22)15-17-32(23,26)4/h18-19,22-26H,5-17H2,1-4H3,(H,33,36)(H,34,38)(H,39,40). The first kappa shape index (κ1) is 31.2. The smallest absolute Gasteiger partial charge is 0.326 e. The number of unbranched alkanes of at least 4 members (excludes halogenated alkanes) is 1. The van der Waals surface area contributed by atoms with Crippen molar-refractivity contribution in [1.82, 2.24) is 10.6 Å². The monoisotopic (exact) mass is 572 g/mol. The summed E-state index contributed by atoms with van der Waals surface area (Å²) in [7, 11) is 0. The van der Waals surface area contributed by atoms with Crippen LogP contribution in [0.25, 0.3) is 0 Å². The summed E-state index contributed by atoms with van der Waals surface area (Å²) in [5.41, 5.74) is 1.38. The Hall–Kier alpha value is -2.71. The van der Waals surface area contributed by atoms with Crippen molar-refractivity contribution >= 4 is 29.5 Å². The fourth-order valence-electron chi connectivity index (χ4n) is 8.48. The first-order chi connectivity index (χ1) is 19.4. The maximum atomic E-state index is 12.8. The van der Waals surface area contributed by atoms with Crippen molar-refractivity contribution in [3.8, 4) is 0 Å². The van der Waals surface area contributed by atoms with Gasteiger partial charge in [-0.2, -0.15) is 0 Å². The Labute approximate surface area is 243 Å². The number of carboxylic acid groups (broad SMARTS) is 1. The molecule has 3 saturated carbocycles. The molecule has 4 aliphatic carbocycles. The third-order valence-corrected chi connectivity index (χ3v) is 10.9. The Morgan fingerprint density at radius 1 is 1.02 bits per heavy atom. The number of hydrogen-bond donors (Lipinski definition) is 3. The molecule has 0 bridgehead atoms. The van der Waals surface area contributed by atoms with Crippen molar-refractivity contribution in [1.29, 1.82) is 0 Å². The second kappa shape index (κ2) is 12.7. The molecule has 0 spiro atoms.